The van der Waals surface area contributed by atoms with Crippen LogP contribution in [0.25, 0.3) is 101 Å². The molecule has 3 nitrogen and oxygen atoms in total. The maximum atomic E-state index is 5.04. The smallest absolute Gasteiger partial charge is 0.164 e. The molecule has 10 aromatic rings. The van der Waals surface area contributed by atoms with Crippen LogP contribution in [0.3, 0.4) is 0 Å². The first-order valence-electron chi connectivity index (χ1n) is 19.6. The average molecular weight is 740 g/mol. The third kappa shape index (κ3) is 7.09. The highest BCUT2D eigenvalue weighted by molar-refractivity contribution is 5.97. The van der Waals surface area contributed by atoms with Crippen molar-refractivity contribution in [2.24, 2.45) is 0 Å². The highest BCUT2D eigenvalue weighted by Gasteiger charge is 2.15. The fourth-order valence-corrected chi connectivity index (χ4v) is 7.73. The van der Waals surface area contributed by atoms with Gasteiger partial charge in [0.25, 0.3) is 0 Å². The molecular weight excluding hydrogens is 703 g/mol. The first-order valence-corrected chi connectivity index (χ1v) is 19.6. The summed E-state index contributed by atoms with van der Waals surface area (Å²) in [5, 5.41) is 2.48. The van der Waals surface area contributed by atoms with Crippen LogP contribution < -0.4 is 0 Å². The quantitative estimate of drug-likeness (QED) is 0.156. The summed E-state index contributed by atoms with van der Waals surface area (Å²) in [7, 11) is 0. The second-order valence-corrected chi connectivity index (χ2v) is 14.5. The van der Waals surface area contributed by atoms with Crippen molar-refractivity contribution < 1.29 is 0 Å². The van der Waals surface area contributed by atoms with Gasteiger partial charge in [-0.05, 0) is 96.7 Å². The lowest BCUT2D eigenvalue weighted by Gasteiger charge is -2.14. The first-order chi connectivity index (χ1) is 28.7. The number of aromatic nitrogens is 3. The van der Waals surface area contributed by atoms with Crippen LogP contribution in [0.1, 0.15) is 0 Å². The zero-order valence-electron chi connectivity index (χ0n) is 31.7. The maximum absolute atomic E-state index is 5.04. The van der Waals surface area contributed by atoms with Crippen molar-refractivity contribution in [2.75, 3.05) is 0 Å². The molecule has 0 aliphatic heterocycles. The highest BCUT2D eigenvalue weighted by Crippen LogP contribution is 2.37. The molecule has 0 bridgehead atoms. The fraction of sp³-hybridized carbons (Fsp3) is 0. The summed E-state index contributed by atoms with van der Waals surface area (Å²) in [4.78, 5) is 15.0. The summed E-state index contributed by atoms with van der Waals surface area (Å²) in [5.74, 6) is 1.92. The van der Waals surface area contributed by atoms with Crippen LogP contribution in [0, 0.1) is 0 Å². The Morgan fingerprint density at radius 3 is 1.14 bits per heavy atom. The van der Waals surface area contributed by atoms with E-state index in [4.69, 9.17) is 15.0 Å². The first kappa shape index (κ1) is 34.7. The summed E-state index contributed by atoms with van der Waals surface area (Å²) < 4.78 is 0. The van der Waals surface area contributed by atoms with Gasteiger partial charge in [-0.25, -0.2) is 15.0 Å². The van der Waals surface area contributed by atoms with E-state index in [1.807, 2.05) is 60.7 Å². The van der Waals surface area contributed by atoms with Gasteiger partial charge >= 0.3 is 0 Å². The molecule has 0 atom stereocenters. The van der Waals surface area contributed by atoms with Crippen molar-refractivity contribution in [1.82, 2.24) is 15.0 Å². The van der Waals surface area contributed by atoms with Crippen LogP contribution in [0.4, 0.5) is 0 Å². The second-order valence-electron chi connectivity index (χ2n) is 14.5. The Bertz CT molecular complexity index is 2970. The van der Waals surface area contributed by atoms with E-state index in [2.05, 4.69) is 164 Å². The minimum atomic E-state index is 0.630. The Morgan fingerprint density at radius 1 is 0.207 bits per heavy atom. The number of fused-ring (bicyclic) bond motifs is 1. The molecule has 0 radical (unpaired) electrons. The minimum Gasteiger partial charge on any atom is -0.208 e. The van der Waals surface area contributed by atoms with Crippen molar-refractivity contribution in [3.05, 3.63) is 224 Å². The molecule has 9 aromatic carbocycles. The molecule has 0 N–H and O–H groups in total. The van der Waals surface area contributed by atoms with Gasteiger partial charge in [-0.2, -0.15) is 0 Å². The Morgan fingerprint density at radius 2 is 0.552 bits per heavy atom. The second kappa shape index (κ2) is 15.4. The molecule has 58 heavy (non-hydrogen) atoms. The number of hydrogen-bond acceptors (Lipinski definition) is 3. The normalized spacial score (nSPS) is 11.1. The Labute approximate surface area is 338 Å². The van der Waals surface area contributed by atoms with E-state index in [0.717, 1.165) is 50.1 Å². The van der Waals surface area contributed by atoms with Crippen molar-refractivity contribution in [2.45, 2.75) is 0 Å². The van der Waals surface area contributed by atoms with Crippen molar-refractivity contribution in [3.8, 4) is 89.8 Å². The Hall–Kier alpha value is -7.75. The largest absolute Gasteiger partial charge is 0.208 e. The fourth-order valence-electron chi connectivity index (χ4n) is 7.73. The van der Waals surface area contributed by atoms with Crippen LogP contribution in [0.15, 0.2) is 224 Å². The maximum Gasteiger partial charge on any atom is 0.164 e. The highest BCUT2D eigenvalue weighted by atomic mass is 15.0. The van der Waals surface area contributed by atoms with Gasteiger partial charge in [-0.15, -0.1) is 0 Å². The predicted octanol–water partition coefficient (Wildman–Crippen LogP) is 14.4. The standard InChI is InChI=1S/C55H37N3/c1-4-15-38(16-5-1)39-29-31-40(32-30-39)48-35-49(44-23-12-25-46(33-44)52-28-14-22-41-17-10-11-27-51(41)52)37-50(36-48)45-24-13-26-47(34-45)55-57-53(42-18-6-2-7-19-42)56-54(58-55)43-20-8-3-9-21-43/h1-37H. The lowest BCUT2D eigenvalue weighted by molar-refractivity contribution is 1.07. The molecule has 0 amide bonds. The van der Waals surface area contributed by atoms with E-state index in [9.17, 15) is 0 Å². The zero-order chi connectivity index (χ0) is 38.7. The SMILES string of the molecule is c1ccc(-c2ccc(-c3cc(-c4cccc(-c5nc(-c6ccccc6)nc(-c6ccccc6)n5)c4)cc(-c4cccc(-c5cccc6ccccc56)c4)c3)cc2)cc1. The van der Waals surface area contributed by atoms with Gasteiger partial charge in [-0.1, -0.05) is 194 Å². The van der Waals surface area contributed by atoms with E-state index in [1.165, 1.54) is 33.0 Å². The number of nitrogens with zero attached hydrogens (tertiary/aromatic N) is 3. The van der Waals surface area contributed by atoms with Crippen LogP contribution in [-0.2, 0) is 0 Å². The molecule has 0 aliphatic carbocycles. The molecule has 1 aromatic heterocycles. The van der Waals surface area contributed by atoms with Crippen molar-refractivity contribution >= 4 is 10.8 Å². The monoisotopic (exact) mass is 739 g/mol. The van der Waals surface area contributed by atoms with Crippen molar-refractivity contribution in [1.29, 1.82) is 0 Å². The van der Waals surface area contributed by atoms with Crippen LogP contribution in [0.2, 0.25) is 0 Å². The molecular formula is C55H37N3. The Balaban J connectivity index is 1.10. The molecule has 272 valence electrons. The van der Waals surface area contributed by atoms with Gasteiger partial charge in [0.15, 0.2) is 17.5 Å². The Kier molecular flexibility index (Phi) is 9.23. The summed E-state index contributed by atoms with van der Waals surface area (Å²) >= 11 is 0. The van der Waals surface area contributed by atoms with Gasteiger partial charge in [0.2, 0.25) is 0 Å². The third-order valence-electron chi connectivity index (χ3n) is 10.7. The number of rotatable bonds is 8. The van der Waals surface area contributed by atoms with Gasteiger partial charge < -0.3 is 0 Å². The molecule has 0 saturated carbocycles. The summed E-state index contributed by atoms with van der Waals surface area (Å²) in [5.41, 5.74) is 14.4. The van der Waals surface area contributed by atoms with E-state index in [1.54, 1.807) is 0 Å². The summed E-state index contributed by atoms with van der Waals surface area (Å²) in [6.07, 6.45) is 0. The predicted molar refractivity (Wildman–Crippen MR) is 241 cm³/mol. The van der Waals surface area contributed by atoms with Gasteiger partial charge in [-0.3, -0.25) is 0 Å². The molecule has 0 fully saturated rings. The van der Waals surface area contributed by atoms with E-state index >= 15 is 0 Å². The van der Waals surface area contributed by atoms with Crippen LogP contribution in [-0.4, -0.2) is 15.0 Å². The summed E-state index contributed by atoms with van der Waals surface area (Å²) in [6, 6.07) is 79.2. The van der Waals surface area contributed by atoms with Gasteiger partial charge in [0.05, 0.1) is 0 Å². The van der Waals surface area contributed by atoms with E-state index < -0.39 is 0 Å². The van der Waals surface area contributed by atoms with Crippen LogP contribution >= 0.6 is 0 Å². The average Bonchev–Trinajstić information content (AvgIpc) is 3.32. The third-order valence-corrected chi connectivity index (χ3v) is 10.7. The van der Waals surface area contributed by atoms with Crippen LogP contribution in [0.5, 0.6) is 0 Å². The lowest BCUT2D eigenvalue weighted by atomic mass is 9.90. The number of hydrogen-bond donors (Lipinski definition) is 0. The molecule has 1 heterocycles. The zero-order valence-corrected chi connectivity index (χ0v) is 31.7. The topological polar surface area (TPSA) is 38.7 Å². The molecule has 10 rings (SSSR count). The van der Waals surface area contributed by atoms with Gasteiger partial charge in [0, 0.05) is 16.7 Å². The molecule has 0 aliphatic rings. The lowest BCUT2D eigenvalue weighted by Crippen LogP contribution is -2.00. The molecule has 0 saturated heterocycles. The molecule has 0 spiro atoms. The molecule has 3 heteroatoms. The summed E-state index contributed by atoms with van der Waals surface area (Å²) in [6.45, 7) is 0. The molecule has 0 unspecified atom stereocenters. The minimum absolute atomic E-state index is 0.630. The van der Waals surface area contributed by atoms with Gasteiger partial charge in [0.1, 0.15) is 0 Å². The van der Waals surface area contributed by atoms with Crippen molar-refractivity contribution in [3.63, 3.8) is 0 Å². The van der Waals surface area contributed by atoms with E-state index in [-0.39, 0.29) is 0 Å². The number of benzene rings is 9. The van der Waals surface area contributed by atoms with E-state index in [0.29, 0.717) is 17.5 Å².